The van der Waals surface area contributed by atoms with E-state index in [0.717, 1.165) is 0 Å². The summed E-state index contributed by atoms with van der Waals surface area (Å²) in [7, 11) is 0. The molecule has 0 aromatic heterocycles. The molecule has 0 radical (unpaired) electrons. The fraction of sp³-hybridized carbons (Fsp3) is 0.478. The first kappa shape index (κ1) is 25.7. The van der Waals surface area contributed by atoms with Crippen LogP contribution in [-0.4, -0.2) is 18.0 Å². The minimum Gasteiger partial charge on any atom is -0.358 e. The van der Waals surface area contributed by atoms with E-state index in [2.05, 4.69) is 69.4 Å². The predicted octanol–water partition coefficient (Wildman–Crippen LogP) is 7.18. The van der Waals surface area contributed by atoms with Gasteiger partial charge in [0.2, 0.25) is 0 Å². The Morgan fingerprint density at radius 1 is 0.885 bits per heavy atom. The number of hydrogen-bond donors (Lipinski definition) is 0. The van der Waals surface area contributed by atoms with Gasteiger partial charge < -0.3 is 14.9 Å². The summed E-state index contributed by atoms with van der Waals surface area (Å²) in [6.07, 6.45) is 18.6. The zero-order valence-electron chi connectivity index (χ0n) is 16.3. The molecular formula is C23H34BrFeN. The van der Waals surface area contributed by atoms with E-state index < -0.39 is 0 Å². The Morgan fingerprint density at radius 2 is 1.54 bits per heavy atom. The first-order chi connectivity index (χ1) is 11.4. The molecule has 3 heteroatoms. The zero-order valence-corrected chi connectivity index (χ0v) is 19.0. The molecule has 0 saturated carbocycles. The van der Waals surface area contributed by atoms with Crippen LogP contribution >= 0.6 is 15.9 Å². The molecule has 0 N–H and O–H groups in total. The van der Waals surface area contributed by atoms with E-state index in [-0.39, 0.29) is 31.9 Å². The van der Waals surface area contributed by atoms with Crippen molar-refractivity contribution in [2.45, 2.75) is 51.0 Å². The number of likely N-dealkylation sites (tertiary alicyclic amines) is 1. The summed E-state index contributed by atoms with van der Waals surface area (Å²) in [6.45, 7) is 2.52. The van der Waals surface area contributed by atoms with Crippen molar-refractivity contribution in [3.63, 3.8) is 0 Å². The molecule has 146 valence electrons. The Kier molecular flexibility index (Phi) is 13.6. The second-order valence-corrected chi connectivity index (χ2v) is 7.64. The average molecular weight is 460 g/mol. The van der Waals surface area contributed by atoms with Gasteiger partial charge in [-0.1, -0.05) is 58.4 Å². The summed E-state index contributed by atoms with van der Waals surface area (Å²) >= 11 is 3.74. The minimum atomic E-state index is 0. The maximum absolute atomic E-state index is 3.74. The van der Waals surface area contributed by atoms with Gasteiger partial charge in [-0.25, -0.2) is 0 Å². The van der Waals surface area contributed by atoms with Crippen LogP contribution in [0.2, 0.25) is 0 Å². The van der Waals surface area contributed by atoms with Gasteiger partial charge in [-0.05, 0) is 75.6 Å². The molecule has 4 rings (SSSR count). The fourth-order valence-corrected chi connectivity index (χ4v) is 4.46. The van der Waals surface area contributed by atoms with E-state index in [4.69, 9.17) is 0 Å². The van der Waals surface area contributed by atoms with Gasteiger partial charge in [0.05, 0.1) is 0 Å². The van der Waals surface area contributed by atoms with Crippen LogP contribution < -0.4 is 0 Å². The molecule has 1 aliphatic heterocycles. The summed E-state index contributed by atoms with van der Waals surface area (Å²) in [5.74, 6) is 0.696. The second-order valence-electron chi connectivity index (χ2n) is 6.78. The summed E-state index contributed by atoms with van der Waals surface area (Å²) in [6, 6.07) is 9.32. The van der Waals surface area contributed by atoms with Crippen molar-refractivity contribution in [1.29, 1.82) is 0 Å². The molecule has 3 aliphatic rings. The van der Waals surface area contributed by atoms with Crippen molar-refractivity contribution in [2.24, 2.45) is 5.92 Å². The third-order valence-corrected chi connectivity index (χ3v) is 5.84. The van der Waals surface area contributed by atoms with Crippen LogP contribution in [0.5, 0.6) is 0 Å². The van der Waals surface area contributed by atoms with E-state index in [1.807, 2.05) is 0 Å². The molecule has 2 atom stereocenters. The van der Waals surface area contributed by atoms with Crippen LogP contribution in [-0.2, 0) is 17.1 Å². The number of halogens is 1. The molecule has 1 aromatic rings. The van der Waals surface area contributed by atoms with Gasteiger partial charge in [0.25, 0.3) is 0 Å². The zero-order chi connectivity index (χ0) is 15.9. The van der Waals surface area contributed by atoms with Crippen LogP contribution in [0, 0.1) is 20.8 Å². The van der Waals surface area contributed by atoms with Gasteiger partial charge in [-0.2, -0.15) is 0 Å². The van der Waals surface area contributed by atoms with Crippen molar-refractivity contribution in [1.82, 2.24) is 4.90 Å². The Bertz CT molecular complexity index is 543. The summed E-state index contributed by atoms with van der Waals surface area (Å²) in [5.41, 5.74) is 1.47. The summed E-state index contributed by atoms with van der Waals surface area (Å²) in [5, 5.41) is 0. The number of allylic oxidation sites excluding steroid dienone is 3. The monoisotopic (exact) mass is 459 g/mol. The average Bonchev–Trinajstić information content (AvgIpc) is 3.36. The minimum absolute atomic E-state index is 0. The molecule has 0 bridgehead atoms. The van der Waals surface area contributed by atoms with Gasteiger partial charge in [0.15, 0.2) is 0 Å². The van der Waals surface area contributed by atoms with Crippen molar-refractivity contribution in [3.8, 4) is 0 Å². The maximum atomic E-state index is 3.74. The number of nitrogens with zero attached hydrogens (tertiary/aromatic N) is 1. The third kappa shape index (κ3) is 7.00. The van der Waals surface area contributed by atoms with Crippen molar-refractivity contribution in [3.05, 3.63) is 73.5 Å². The van der Waals surface area contributed by atoms with Crippen LogP contribution in [0.15, 0.2) is 53.0 Å². The van der Waals surface area contributed by atoms with Crippen molar-refractivity contribution in [2.75, 3.05) is 13.1 Å². The van der Waals surface area contributed by atoms with E-state index in [9.17, 15) is 0 Å². The van der Waals surface area contributed by atoms with E-state index >= 15 is 0 Å². The van der Waals surface area contributed by atoms with Gasteiger partial charge >= 0.3 is 17.1 Å². The Morgan fingerprint density at radius 3 is 2.04 bits per heavy atom. The van der Waals surface area contributed by atoms with Crippen LogP contribution in [0.3, 0.4) is 0 Å². The molecule has 2 aliphatic carbocycles. The fourth-order valence-electron chi connectivity index (χ4n) is 3.94. The maximum Gasteiger partial charge on any atom is 2.00 e. The molecule has 1 aromatic carbocycles. The van der Waals surface area contributed by atoms with Crippen molar-refractivity contribution < 1.29 is 17.1 Å². The van der Waals surface area contributed by atoms with Crippen LogP contribution in [0.1, 0.15) is 56.6 Å². The molecule has 1 fully saturated rings. The Hall–Kier alpha value is -0.341. The second kappa shape index (κ2) is 13.8. The van der Waals surface area contributed by atoms with E-state index in [1.165, 1.54) is 68.1 Å². The number of benzene rings is 1. The SMILES string of the molecule is Brc1ccccc1[C@H]([C@H]1C=CCC1)N1CCCC1.C1=CCCC1.[CH3-].[CH3-].[Fe+2]. The topological polar surface area (TPSA) is 3.24 Å². The van der Waals surface area contributed by atoms with Crippen LogP contribution in [0.4, 0.5) is 0 Å². The molecule has 0 spiro atoms. The van der Waals surface area contributed by atoms with E-state index in [1.54, 1.807) is 0 Å². The van der Waals surface area contributed by atoms with Gasteiger partial charge in [0.1, 0.15) is 0 Å². The third-order valence-electron chi connectivity index (χ3n) is 5.12. The predicted molar refractivity (Wildman–Crippen MR) is 115 cm³/mol. The molecule has 1 heterocycles. The number of rotatable bonds is 3. The first-order valence-corrected chi connectivity index (χ1v) is 9.95. The van der Waals surface area contributed by atoms with E-state index in [0.29, 0.717) is 12.0 Å². The van der Waals surface area contributed by atoms with Crippen molar-refractivity contribution >= 4 is 15.9 Å². The molecule has 26 heavy (non-hydrogen) atoms. The Balaban J connectivity index is 0.000000685. The van der Waals surface area contributed by atoms with Gasteiger partial charge in [0, 0.05) is 10.5 Å². The molecular weight excluding hydrogens is 426 g/mol. The normalized spacial score (nSPS) is 21.8. The quantitative estimate of drug-likeness (QED) is 0.263. The van der Waals surface area contributed by atoms with Gasteiger partial charge in [-0.15, -0.1) is 0 Å². The molecule has 1 saturated heterocycles. The Labute approximate surface area is 180 Å². The smallest absolute Gasteiger partial charge is 0.358 e. The first-order valence-electron chi connectivity index (χ1n) is 9.16. The summed E-state index contributed by atoms with van der Waals surface area (Å²) in [4.78, 5) is 2.68. The summed E-state index contributed by atoms with van der Waals surface area (Å²) < 4.78 is 1.27. The molecule has 0 amide bonds. The molecule has 1 nitrogen and oxygen atoms in total. The largest absolute Gasteiger partial charge is 2.00 e. The molecule has 0 unspecified atom stereocenters. The number of hydrogen-bond acceptors (Lipinski definition) is 1. The van der Waals surface area contributed by atoms with Crippen LogP contribution in [0.25, 0.3) is 0 Å². The van der Waals surface area contributed by atoms with Gasteiger partial charge in [-0.3, -0.25) is 4.90 Å². The standard InChI is InChI=1S/C16H20BrN.C5H8.2CH3.Fe/c17-15-10-4-3-9-14(15)16(13-7-1-2-8-13)18-11-5-6-12-18;1-2-4-5-3-1;;;/h1,3-4,7,9-10,13,16H,2,5-6,8,11-12H2;1-2H,3-5H2;2*1H3;/q;;2*-1;+2/t13-,16-;;;;/m0..../s1.